The predicted molar refractivity (Wildman–Crippen MR) is 61.1 cm³/mol. The highest BCUT2D eigenvalue weighted by Crippen LogP contribution is 2.27. The molecule has 0 unspecified atom stereocenters. The summed E-state index contributed by atoms with van der Waals surface area (Å²) in [5.74, 6) is 6.79. The second-order valence-electron chi connectivity index (χ2n) is 3.79. The molecule has 0 heterocycles. The van der Waals surface area contributed by atoms with Crippen LogP contribution in [0.5, 0.6) is 0 Å². The Bertz CT molecular complexity index is 461. The molecule has 15 heavy (non-hydrogen) atoms. The lowest BCUT2D eigenvalue weighted by atomic mass is 10.1. The van der Waals surface area contributed by atoms with E-state index in [1.54, 1.807) is 12.1 Å². The zero-order chi connectivity index (χ0) is 10.8. The molecule has 0 atom stereocenters. The molecule has 1 aliphatic rings. The Morgan fingerprint density at radius 3 is 2.73 bits per heavy atom. The van der Waals surface area contributed by atoms with E-state index in [-0.39, 0.29) is 5.78 Å². The number of benzene rings is 1. The van der Waals surface area contributed by atoms with E-state index in [2.05, 4.69) is 11.8 Å². The van der Waals surface area contributed by atoms with Crippen molar-refractivity contribution in [3.8, 4) is 11.8 Å². The van der Waals surface area contributed by atoms with Crippen LogP contribution in [0, 0.1) is 17.8 Å². The van der Waals surface area contributed by atoms with Gasteiger partial charge in [-0.25, -0.2) is 0 Å². The molecule has 0 radical (unpaired) electrons. The van der Waals surface area contributed by atoms with Gasteiger partial charge in [0.2, 0.25) is 0 Å². The van der Waals surface area contributed by atoms with Crippen molar-refractivity contribution in [1.29, 1.82) is 0 Å². The maximum absolute atomic E-state index is 11.1. The standard InChI is InChI=1S/C13H11ClO/c1-9(15)12-7-6-11(8-13(12)14)5-4-10-2-3-10/h6-8,10H,2-3H2,1H3. The zero-order valence-electron chi connectivity index (χ0n) is 8.51. The third kappa shape index (κ3) is 2.61. The van der Waals surface area contributed by atoms with Gasteiger partial charge in [-0.15, -0.1) is 0 Å². The number of halogens is 1. The van der Waals surface area contributed by atoms with E-state index in [1.165, 1.54) is 19.8 Å². The van der Waals surface area contributed by atoms with Crippen molar-refractivity contribution in [2.75, 3.05) is 0 Å². The minimum atomic E-state index is -0.0123. The SMILES string of the molecule is CC(=O)c1ccc(C#CC2CC2)cc1Cl. The summed E-state index contributed by atoms with van der Waals surface area (Å²) in [7, 11) is 0. The van der Waals surface area contributed by atoms with E-state index < -0.39 is 0 Å². The summed E-state index contributed by atoms with van der Waals surface area (Å²) < 4.78 is 0. The summed E-state index contributed by atoms with van der Waals surface area (Å²) in [6.45, 7) is 1.51. The first-order valence-electron chi connectivity index (χ1n) is 4.99. The van der Waals surface area contributed by atoms with E-state index in [4.69, 9.17) is 11.6 Å². The highest BCUT2D eigenvalue weighted by atomic mass is 35.5. The summed E-state index contributed by atoms with van der Waals surface area (Å²) in [5.41, 5.74) is 1.45. The van der Waals surface area contributed by atoms with Crippen LogP contribution in [0.1, 0.15) is 35.7 Å². The minimum absolute atomic E-state index is 0.0123. The van der Waals surface area contributed by atoms with Crippen LogP contribution in [0.2, 0.25) is 5.02 Å². The lowest BCUT2D eigenvalue weighted by molar-refractivity contribution is 0.101. The molecule has 0 aliphatic heterocycles. The molecule has 1 saturated carbocycles. The quantitative estimate of drug-likeness (QED) is 0.522. The molecule has 0 aromatic heterocycles. The molecule has 1 nitrogen and oxygen atoms in total. The van der Waals surface area contributed by atoms with Crippen LogP contribution in [-0.2, 0) is 0 Å². The summed E-state index contributed by atoms with van der Waals surface area (Å²) in [6, 6.07) is 5.34. The smallest absolute Gasteiger partial charge is 0.161 e. The molecule has 0 bridgehead atoms. The van der Waals surface area contributed by atoms with Crippen LogP contribution in [0.25, 0.3) is 0 Å². The van der Waals surface area contributed by atoms with Crippen molar-refractivity contribution in [3.63, 3.8) is 0 Å². The number of rotatable bonds is 1. The second-order valence-corrected chi connectivity index (χ2v) is 4.20. The maximum atomic E-state index is 11.1. The number of carbonyl (C=O) groups is 1. The molecule has 1 aromatic rings. The van der Waals surface area contributed by atoms with Gasteiger partial charge in [0, 0.05) is 17.0 Å². The van der Waals surface area contributed by atoms with Crippen molar-refractivity contribution in [1.82, 2.24) is 0 Å². The molecule has 0 N–H and O–H groups in total. The van der Waals surface area contributed by atoms with Crippen molar-refractivity contribution in [2.45, 2.75) is 19.8 Å². The van der Waals surface area contributed by atoms with Gasteiger partial charge in [-0.1, -0.05) is 23.4 Å². The third-order valence-corrected chi connectivity index (χ3v) is 2.66. The Kier molecular flexibility index (Phi) is 2.79. The van der Waals surface area contributed by atoms with Crippen LogP contribution >= 0.6 is 11.6 Å². The number of ketones is 1. The van der Waals surface area contributed by atoms with Crippen LogP contribution in [0.15, 0.2) is 18.2 Å². The lowest BCUT2D eigenvalue weighted by Gasteiger charge is -1.99. The van der Waals surface area contributed by atoms with Gasteiger partial charge in [-0.3, -0.25) is 4.79 Å². The van der Waals surface area contributed by atoms with E-state index in [1.807, 2.05) is 6.07 Å². The van der Waals surface area contributed by atoms with Crippen molar-refractivity contribution in [3.05, 3.63) is 34.3 Å². The fourth-order valence-electron chi connectivity index (χ4n) is 1.29. The molecule has 0 saturated heterocycles. The summed E-state index contributed by atoms with van der Waals surface area (Å²) in [5, 5.41) is 0.491. The Balaban J connectivity index is 2.25. The van der Waals surface area contributed by atoms with E-state index in [0.29, 0.717) is 16.5 Å². The zero-order valence-corrected chi connectivity index (χ0v) is 9.27. The van der Waals surface area contributed by atoms with Gasteiger partial charge in [0.15, 0.2) is 5.78 Å². The topological polar surface area (TPSA) is 17.1 Å². The average molecular weight is 219 g/mol. The van der Waals surface area contributed by atoms with Crippen LogP contribution in [-0.4, -0.2) is 5.78 Å². The van der Waals surface area contributed by atoms with E-state index in [9.17, 15) is 4.79 Å². The Hall–Kier alpha value is -1.26. The predicted octanol–water partition coefficient (Wildman–Crippen LogP) is 3.30. The number of hydrogen-bond acceptors (Lipinski definition) is 1. The van der Waals surface area contributed by atoms with Gasteiger partial charge in [-0.05, 0) is 38.0 Å². The number of Topliss-reactive ketones (excluding diaryl/α,β-unsaturated/α-hetero) is 1. The van der Waals surface area contributed by atoms with Gasteiger partial charge in [0.25, 0.3) is 0 Å². The molecular weight excluding hydrogens is 208 g/mol. The second kappa shape index (κ2) is 4.08. The van der Waals surface area contributed by atoms with Crippen molar-refractivity contribution in [2.24, 2.45) is 5.92 Å². The first-order valence-corrected chi connectivity index (χ1v) is 5.36. The summed E-state index contributed by atoms with van der Waals surface area (Å²) >= 11 is 5.97. The van der Waals surface area contributed by atoms with Gasteiger partial charge in [0.05, 0.1) is 5.02 Å². The highest BCUT2D eigenvalue weighted by Gasteiger charge is 2.17. The first kappa shape index (κ1) is 10.3. The molecule has 2 rings (SSSR count). The molecule has 76 valence electrons. The van der Waals surface area contributed by atoms with Crippen molar-refractivity contribution < 1.29 is 4.79 Å². The van der Waals surface area contributed by atoms with Gasteiger partial charge < -0.3 is 0 Å². The summed E-state index contributed by atoms with van der Waals surface area (Å²) in [6.07, 6.45) is 2.43. The Morgan fingerprint density at radius 2 is 2.20 bits per heavy atom. The van der Waals surface area contributed by atoms with Gasteiger partial charge in [-0.2, -0.15) is 0 Å². The molecule has 2 heteroatoms. The number of hydrogen-bond donors (Lipinski definition) is 0. The highest BCUT2D eigenvalue weighted by molar-refractivity contribution is 6.33. The molecule has 1 aliphatic carbocycles. The minimum Gasteiger partial charge on any atom is -0.294 e. The normalized spacial score (nSPS) is 14.3. The molecule has 0 spiro atoms. The van der Waals surface area contributed by atoms with Crippen molar-refractivity contribution >= 4 is 17.4 Å². The van der Waals surface area contributed by atoms with Crippen LogP contribution in [0.4, 0.5) is 0 Å². The van der Waals surface area contributed by atoms with Crippen LogP contribution in [0.3, 0.4) is 0 Å². The van der Waals surface area contributed by atoms with E-state index >= 15 is 0 Å². The van der Waals surface area contributed by atoms with Gasteiger partial charge >= 0.3 is 0 Å². The molecular formula is C13H11ClO. The number of carbonyl (C=O) groups excluding carboxylic acids is 1. The monoisotopic (exact) mass is 218 g/mol. The first-order chi connectivity index (χ1) is 7.16. The average Bonchev–Trinajstić information content (AvgIpc) is 2.97. The Labute approximate surface area is 94.4 Å². The third-order valence-electron chi connectivity index (χ3n) is 2.35. The fraction of sp³-hybridized carbons (Fsp3) is 0.308. The van der Waals surface area contributed by atoms with Gasteiger partial charge in [0.1, 0.15) is 0 Å². The summed E-state index contributed by atoms with van der Waals surface area (Å²) in [4.78, 5) is 11.1. The molecule has 0 amide bonds. The lowest BCUT2D eigenvalue weighted by Crippen LogP contribution is -1.93. The molecule has 1 aromatic carbocycles. The maximum Gasteiger partial charge on any atom is 0.161 e. The van der Waals surface area contributed by atoms with Crippen LogP contribution < -0.4 is 0 Å². The largest absolute Gasteiger partial charge is 0.294 e. The molecule has 1 fully saturated rings. The Morgan fingerprint density at radius 1 is 1.47 bits per heavy atom. The fourth-order valence-corrected chi connectivity index (χ4v) is 1.61. The van der Waals surface area contributed by atoms with E-state index in [0.717, 1.165) is 5.56 Å².